The van der Waals surface area contributed by atoms with Gasteiger partial charge in [-0.3, -0.25) is 9.59 Å². The van der Waals surface area contributed by atoms with Crippen molar-refractivity contribution in [2.24, 2.45) is 0 Å². The number of fused-ring (bicyclic) bond motifs is 4. The highest BCUT2D eigenvalue weighted by molar-refractivity contribution is 5.90. The topological polar surface area (TPSA) is 127 Å². The van der Waals surface area contributed by atoms with Crippen LogP contribution in [0.3, 0.4) is 0 Å². The zero-order valence-corrected chi connectivity index (χ0v) is 25.6. The average molecular weight is 629 g/mol. The number of amides is 4. The molecule has 4 amide bonds. The lowest BCUT2D eigenvalue weighted by atomic mass is 10.1. The zero-order chi connectivity index (χ0) is 32.3. The Morgan fingerprint density at radius 1 is 1.07 bits per heavy atom. The van der Waals surface area contributed by atoms with E-state index in [1.807, 2.05) is 53.2 Å². The van der Waals surface area contributed by atoms with Gasteiger partial charge in [0, 0.05) is 50.6 Å². The number of urea groups is 1. The third kappa shape index (κ3) is 8.62. The Kier molecular flexibility index (Phi) is 10.8. The van der Waals surface area contributed by atoms with E-state index in [0.717, 1.165) is 11.1 Å². The van der Waals surface area contributed by atoms with E-state index >= 15 is 0 Å². The predicted molar refractivity (Wildman–Crippen MR) is 170 cm³/mol. The van der Waals surface area contributed by atoms with Crippen LogP contribution in [-0.4, -0.2) is 71.7 Å². The number of benzene rings is 3. The van der Waals surface area contributed by atoms with E-state index in [9.17, 15) is 18.8 Å². The van der Waals surface area contributed by atoms with Crippen molar-refractivity contribution in [3.05, 3.63) is 102 Å². The van der Waals surface area contributed by atoms with Crippen LogP contribution in [0, 0.1) is 5.82 Å². The summed E-state index contributed by atoms with van der Waals surface area (Å²) in [6, 6.07) is 19.5. The molecule has 240 valence electrons. The summed E-state index contributed by atoms with van der Waals surface area (Å²) in [5.74, 6) is 0.487. The summed E-state index contributed by atoms with van der Waals surface area (Å²) in [6.45, 7) is 0.897. The van der Waals surface area contributed by atoms with Gasteiger partial charge in [-0.05, 0) is 47.9 Å². The van der Waals surface area contributed by atoms with Crippen LogP contribution in [0.25, 0.3) is 11.4 Å². The number of imidazole rings is 1. The molecule has 2 heterocycles. The molecule has 4 aromatic rings. The number of halogens is 1. The van der Waals surface area contributed by atoms with Gasteiger partial charge in [-0.1, -0.05) is 42.5 Å². The lowest BCUT2D eigenvalue weighted by Crippen LogP contribution is -2.52. The van der Waals surface area contributed by atoms with Crippen LogP contribution < -0.4 is 25.4 Å². The van der Waals surface area contributed by atoms with Gasteiger partial charge in [-0.2, -0.15) is 0 Å². The standard InChI is InChI=1S/C34H37FN6O5/c1-45-29-12-11-26-21-30(29)46-18-6-15-41(34(44)38-22-25-9-5-10-27(35)19-25)23-31(42)39-28(20-24-7-3-2-4-8-24)33(43)37-14-17-40-16-13-36-32(26)40/h2-5,7-13,16,19,21,28H,6,14-15,17-18,20,22-23H2,1H3,(H,37,43)(H,38,44)(H,39,42)/t28-/m0/s1. The van der Waals surface area contributed by atoms with E-state index < -0.39 is 23.8 Å². The van der Waals surface area contributed by atoms with Crippen LogP contribution in [0.1, 0.15) is 17.5 Å². The van der Waals surface area contributed by atoms with Gasteiger partial charge in [0.15, 0.2) is 11.5 Å². The van der Waals surface area contributed by atoms with E-state index in [4.69, 9.17) is 9.47 Å². The molecule has 0 aliphatic carbocycles. The molecular weight excluding hydrogens is 591 g/mol. The third-order valence-corrected chi connectivity index (χ3v) is 7.51. The third-order valence-electron chi connectivity index (χ3n) is 7.51. The average Bonchev–Trinajstić information content (AvgIpc) is 3.53. The van der Waals surface area contributed by atoms with Crippen molar-refractivity contribution in [3.63, 3.8) is 0 Å². The fraction of sp³-hybridized carbons (Fsp3) is 0.294. The molecule has 1 atom stereocenters. The Labute approximate surface area is 266 Å². The number of aromatic nitrogens is 2. The fourth-order valence-electron chi connectivity index (χ4n) is 5.20. The Hall–Kier alpha value is -5.39. The second-order valence-electron chi connectivity index (χ2n) is 10.8. The number of rotatable bonds is 5. The normalized spacial score (nSPS) is 16.1. The number of carbonyl (C=O) groups excluding carboxylic acids is 3. The molecule has 46 heavy (non-hydrogen) atoms. The monoisotopic (exact) mass is 628 g/mol. The summed E-state index contributed by atoms with van der Waals surface area (Å²) in [5, 5.41) is 8.54. The maximum Gasteiger partial charge on any atom is 0.318 e. The van der Waals surface area contributed by atoms with Gasteiger partial charge in [0.1, 0.15) is 24.2 Å². The van der Waals surface area contributed by atoms with Crippen molar-refractivity contribution < 1.29 is 28.2 Å². The Balaban J connectivity index is 1.38. The van der Waals surface area contributed by atoms with E-state index in [1.54, 1.807) is 31.5 Å². The number of nitrogens with one attached hydrogen (secondary N) is 3. The Morgan fingerprint density at radius 3 is 2.70 bits per heavy atom. The fourth-order valence-corrected chi connectivity index (χ4v) is 5.20. The number of hydrogen-bond acceptors (Lipinski definition) is 6. The van der Waals surface area contributed by atoms with Crippen molar-refractivity contribution in [3.8, 4) is 22.9 Å². The summed E-state index contributed by atoms with van der Waals surface area (Å²) < 4.78 is 27.2. The number of methoxy groups -OCH3 is 1. The summed E-state index contributed by atoms with van der Waals surface area (Å²) in [4.78, 5) is 45.9. The van der Waals surface area contributed by atoms with E-state index in [0.29, 0.717) is 35.9 Å². The minimum Gasteiger partial charge on any atom is -0.493 e. The zero-order valence-electron chi connectivity index (χ0n) is 25.6. The molecule has 0 saturated heterocycles. The first kappa shape index (κ1) is 32.0. The van der Waals surface area contributed by atoms with Gasteiger partial charge < -0.3 is 34.9 Å². The van der Waals surface area contributed by atoms with Crippen LogP contribution in [0.2, 0.25) is 0 Å². The molecule has 1 aliphatic rings. The molecule has 0 fully saturated rings. The first-order chi connectivity index (χ1) is 22.4. The summed E-state index contributed by atoms with van der Waals surface area (Å²) in [5.41, 5.74) is 2.26. The molecule has 12 heteroatoms. The largest absolute Gasteiger partial charge is 0.493 e. The SMILES string of the molecule is COc1ccc2cc1OCCCN(C(=O)NCc1cccc(F)c1)CC(=O)N[C@@H](Cc1ccccc1)C(=O)NCCn1ccnc1-2. The maximum absolute atomic E-state index is 13.7. The van der Waals surface area contributed by atoms with Gasteiger partial charge in [0.25, 0.3) is 0 Å². The highest BCUT2D eigenvalue weighted by Crippen LogP contribution is 2.32. The summed E-state index contributed by atoms with van der Waals surface area (Å²) in [6.07, 6.45) is 4.18. The van der Waals surface area contributed by atoms with Crippen molar-refractivity contribution in [2.45, 2.75) is 32.0 Å². The van der Waals surface area contributed by atoms with Crippen molar-refractivity contribution in [1.29, 1.82) is 0 Å². The molecule has 3 N–H and O–H groups in total. The van der Waals surface area contributed by atoms with Gasteiger partial charge in [0.05, 0.1) is 13.7 Å². The number of nitrogens with zero attached hydrogens (tertiary/aromatic N) is 3. The lowest BCUT2D eigenvalue weighted by molar-refractivity contribution is -0.129. The molecule has 1 aromatic heterocycles. The van der Waals surface area contributed by atoms with Gasteiger partial charge in [-0.15, -0.1) is 0 Å². The van der Waals surface area contributed by atoms with Crippen LogP contribution in [0.4, 0.5) is 9.18 Å². The number of ether oxygens (including phenoxy) is 2. The highest BCUT2D eigenvalue weighted by Gasteiger charge is 2.24. The van der Waals surface area contributed by atoms with Gasteiger partial charge in [-0.25, -0.2) is 14.2 Å². The van der Waals surface area contributed by atoms with Crippen molar-refractivity contribution in [2.75, 3.05) is 33.4 Å². The van der Waals surface area contributed by atoms with Gasteiger partial charge in [0.2, 0.25) is 11.8 Å². The summed E-state index contributed by atoms with van der Waals surface area (Å²) in [7, 11) is 1.55. The smallest absolute Gasteiger partial charge is 0.318 e. The van der Waals surface area contributed by atoms with Gasteiger partial charge >= 0.3 is 6.03 Å². The first-order valence-corrected chi connectivity index (χ1v) is 15.1. The van der Waals surface area contributed by atoms with E-state index in [2.05, 4.69) is 20.9 Å². The predicted octanol–water partition coefficient (Wildman–Crippen LogP) is 3.54. The van der Waals surface area contributed by atoms with E-state index in [-0.39, 0.29) is 45.1 Å². The summed E-state index contributed by atoms with van der Waals surface area (Å²) >= 11 is 0. The molecule has 0 radical (unpaired) electrons. The molecule has 5 rings (SSSR count). The van der Waals surface area contributed by atoms with E-state index in [1.165, 1.54) is 17.0 Å². The first-order valence-electron chi connectivity index (χ1n) is 15.1. The Morgan fingerprint density at radius 2 is 1.89 bits per heavy atom. The molecule has 1 aliphatic heterocycles. The number of carbonyl (C=O) groups is 3. The van der Waals surface area contributed by atoms with Crippen LogP contribution in [-0.2, 0) is 29.1 Å². The van der Waals surface area contributed by atoms with Crippen molar-refractivity contribution >= 4 is 17.8 Å². The maximum atomic E-state index is 13.7. The lowest BCUT2D eigenvalue weighted by Gasteiger charge is -2.25. The Bertz CT molecular complexity index is 1650. The quantitative estimate of drug-likeness (QED) is 0.311. The molecule has 3 aromatic carbocycles. The minimum atomic E-state index is -0.874. The highest BCUT2D eigenvalue weighted by atomic mass is 19.1. The van der Waals surface area contributed by atoms with Crippen LogP contribution in [0.5, 0.6) is 11.5 Å². The number of hydrogen-bond donors (Lipinski definition) is 3. The second kappa shape index (κ2) is 15.6. The minimum absolute atomic E-state index is 0.0734. The van der Waals surface area contributed by atoms with Crippen molar-refractivity contribution in [1.82, 2.24) is 30.4 Å². The molecule has 0 spiro atoms. The van der Waals surface area contributed by atoms with Crippen LogP contribution >= 0.6 is 0 Å². The molecule has 0 saturated carbocycles. The molecule has 0 unspecified atom stereocenters. The van der Waals surface area contributed by atoms with Crippen LogP contribution in [0.15, 0.2) is 85.2 Å². The molecule has 11 nitrogen and oxygen atoms in total. The second-order valence-corrected chi connectivity index (χ2v) is 10.8. The molecular formula is C34H37FN6O5. The molecule has 2 bridgehead atoms.